The predicted molar refractivity (Wildman–Crippen MR) is 92.1 cm³/mol. The minimum absolute atomic E-state index is 0.0684. The Morgan fingerprint density at radius 2 is 2.09 bits per heavy atom. The summed E-state index contributed by atoms with van der Waals surface area (Å²) in [6.07, 6.45) is 3.76. The van der Waals surface area contributed by atoms with Gasteiger partial charge in [0, 0.05) is 6.54 Å². The number of rotatable bonds is 5. The zero-order chi connectivity index (χ0) is 16.9. The van der Waals surface area contributed by atoms with Crippen molar-refractivity contribution in [1.29, 1.82) is 0 Å². The van der Waals surface area contributed by atoms with Crippen LogP contribution in [0.4, 0.5) is 4.39 Å². The molecule has 23 heavy (non-hydrogen) atoms. The first-order valence-electron chi connectivity index (χ1n) is 8.47. The van der Waals surface area contributed by atoms with Gasteiger partial charge in [0.1, 0.15) is 5.82 Å². The number of nitrogens with zero attached hydrogens (tertiary/aromatic N) is 1. The third-order valence-corrected chi connectivity index (χ3v) is 4.46. The van der Waals surface area contributed by atoms with E-state index in [1.807, 2.05) is 19.9 Å². The van der Waals surface area contributed by atoms with Gasteiger partial charge in [-0.15, -0.1) is 0 Å². The van der Waals surface area contributed by atoms with Crippen LogP contribution in [-0.2, 0) is 0 Å². The molecule has 0 aliphatic heterocycles. The number of benzene rings is 1. The molecule has 0 bridgehead atoms. The van der Waals surface area contributed by atoms with E-state index in [0.717, 1.165) is 37.8 Å². The number of hydrogen-bond acceptors (Lipinski definition) is 2. The molecule has 5 heteroatoms. The van der Waals surface area contributed by atoms with Crippen LogP contribution in [0.2, 0.25) is 0 Å². The monoisotopic (exact) mass is 321 g/mol. The average molecular weight is 321 g/mol. The number of aliphatic hydroxyl groups is 1. The highest BCUT2D eigenvalue weighted by Crippen LogP contribution is 2.29. The van der Waals surface area contributed by atoms with Crippen LogP contribution in [0.15, 0.2) is 23.2 Å². The van der Waals surface area contributed by atoms with Crippen molar-refractivity contribution < 1.29 is 9.50 Å². The van der Waals surface area contributed by atoms with E-state index in [1.165, 1.54) is 0 Å². The molecule has 3 N–H and O–H groups in total. The first-order chi connectivity index (χ1) is 10.9. The van der Waals surface area contributed by atoms with Crippen LogP contribution in [0.1, 0.15) is 56.7 Å². The smallest absolute Gasteiger partial charge is 0.191 e. The van der Waals surface area contributed by atoms with Gasteiger partial charge in [-0.05, 0) is 50.8 Å². The van der Waals surface area contributed by atoms with Gasteiger partial charge in [0.15, 0.2) is 5.96 Å². The highest BCUT2D eigenvalue weighted by Gasteiger charge is 2.30. The van der Waals surface area contributed by atoms with E-state index in [9.17, 15) is 9.50 Å². The maximum Gasteiger partial charge on any atom is 0.191 e. The molecule has 2 rings (SSSR count). The lowest BCUT2D eigenvalue weighted by molar-refractivity contribution is 0.0574. The second-order valence-electron chi connectivity index (χ2n) is 6.50. The third-order valence-electron chi connectivity index (χ3n) is 4.46. The summed E-state index contributed by atoms with van der Waals surface area (Å²) >= 11 is 0. The Kier molecular flexibility index (Phi) is 5.99. The van der Waals surface area contributed by atoms with Crippen LogP contribution in [0.25, 0.3) is 0 Å². The zero-order valence-corrected chi connectivity index (χ0v) is 14.3. The number of aryl methyl sites for hydroxylation is 1. The number of hydrogen-bond donors (Lipinski definition) is 3. The van der Waals surface area contributed by atoms with Crippen LogP contribution in [0.5, 0.6) is 0 Å². The minimum atomic E-state index is -0.665. The lowest BCUT2D eigenvalue weighted by Crippen LogP contribution is -2.40. The van der Waals surface area contributed by atoms with E-state index in [4.69, 9.17) is 0 Å². The third kappa shape index (κ3) is 4.93. The van der Waals surface area contributed by atoms with E-state index in [-0.39, 0.29) is 11.9 Å². The first-order valence-corrected chi connectivity index (χ1v) is 8.47. The van der Waals surface area contributed by atoms with Gasteiger partial charge in [-0.2, -0.15) is 0 Å². The summed E-state index contributed by atoms with van der Waals surface area (Å²) in [6, 6.07) is 5.19. The van der Waals surface area contributed by atoms with E-state index in [0.29, 0.717) is 18.1 Å². The van der Waals surface area contributed by atoms with Crippen LogP contribution in [0, 0.1) is 12.7 Å². The summed E-state index contributed by atoms with van der Waals surface area (Å²) in [5, 5.41) is 16.9. The largest absolute Gasteiger partial charge is 0.388 e. The molecule has 0 spiro atoms. The summed E-state index contributed by atoms with van der Waals surface area (Å²) in [4.78, 5) is 4.52. The second-order valence-corrected chi connectivity index (χ2v) is 6.50. The number of guanidine groups is 1. The van der Waals surface area contributed by atoms with Crippen molar-refractivity contribution in [2.24, 2.45) is 4.99 Å². The molecule has 1 atom stereocenters. The Bertz CT molecular complexity index is 553. The Morgan fingerprint density at radius 1 is 1.39 bits per heavy atom. The van der Waals surface area contributed by atoms with E-state index < -0.39 is 5.60 Å². The molecule has 1 saturated carbocycles. The molecule has 1 unspecified atom stereocenters. The molecule has 1 aromatic carbocycles. The summed E-state index contributed by atoms with van der Waals surface area (Å²) in [7, 11) is 0. The lowest BCUT2D eigenvalue weighted by atomic mass is 10.0. The summed E-state index contributed by atoms with van der Waals surface area (Å²) in [5.74, 6) is 0.458. The fourth-order valence-electron chi connectivity index (χ4n) is 2.90. The molecule has 0 radical (unpaired) electrons. The topological polar surface area (TPSA) is 56.7 Å². The lowest BCUT2D eigenvalue weighted by Gasteiger charge is -2.22. The highest BCUT2D eigenvalue weighted by atomic mass is 19.1. The molecule has 0 saturated heterocycles. The maximum absolute atomic E-state index is 13.7. The molecule has 128 valence electrons. The van der Waals surface area contributed by atoms with Gasteiger partial charge < -0.3 is 15.7 Å². The SMILES string of the molecule is CCNC(=NCC1(O)CCCC1)NC(C)c1ccc(C)c(F)c1. The fourth-order valence-corrected chi connectivity index (χ4v) is 2.90. The van der Waals surface area contributed by atoms with Crippen LogP contribution in [0.3, 0.4) is 0 Å². The maximum atomic E-state index is 13.7. The molecule has 1 aliphatic carbocycles. The van der Waals surface area contributed by atoms with Crippen molar-refractivity contribution in [2.45, 2.75) is 58.1 Å². The summed E-state index contributed by atoms with van der Waals surface area (Å²) in [6.45, 7) is 6.86. The predicted octanol–water partition coefficient (Wildman–Crippen LogP) is 3.06. The molecule has 0 heterocycles. The average Bonchev–Trinajstić information content (AvgIpc) is 2.95. The number of halogens is 1. The van der Waals surface area contributed by atoms with Crippen LogP contribution in [-0.4, -0.2) is 29.8 Å². The van der Waals surface area contributed by atoms with Crippen molar-refractivity contribution in [1.82, 2.24) is 10.6 Å². The van der Waals surface area contributed by atoms with Gasteiger partial charge in [-0.25, -0.2) is 4.39 Å². The Morgan fingerprint density at radius 3 is 2.70 bits per heavy atom. The number of aliphatic imine (C=N–C) groups is 1. The van der Waals surface area contributed by atoms with Gasteiger partial charge >= 0.3 is 0 Å². The second kappa shape index (κ2) is 7.77. The zero-order valence-electron chi connectivity index (χ0n) is 14.3. The molecule has 0 amide bonds. The van der Waals surface area contributed by atoms with E-state index in [2.05, 4.69) is 15.6 Å². The molecular weight excluding hydrogens is 293 g/mol. The van der Waals surface area contributed by atoms with Gasteiger partial charge in [-0.3, -0.25) is 4.99 Å². The fraction of sp³-hybridized carbons (Fsp3) is 0.611. The van der Waals surface area contributed by atoms with E-state index in [1.54, 1.807) is 19.1 Å². The molecule has 4 nitrogen and oxygen atoms in total. The first kappa shape index (κ1) is 17.7. The van der Waals surface area contributed by atoms with Crippen LogP contribution < -0.4 is 10.6 Å². The Balaban J connectivity index is 2.03. The van der Waals surface area contributed by atoms with Gasteiger partial charge in [0.05, 0.1) is 18.2 Å². The summed E-state index contributed by atoms with van der Waals surface area (Å²) in [5.41, 5.74) is 0.852. The Hall–Kier alpha value is -1.62. The van der Waals surface area contributed by atoms with Crippen molar-refractivity contribution >= 4 is 5.96 Å². The highest BCUT2D eigenvalue weighted by molar-refractivity contribution is 5.80. The van der Waals surface area contributed by atoms with Gasteiger partial charge in [-0.1, -0.05) is 25.0 Å². The minimum Gasteiger partial charge on any atom is -0.388 e. The van der Waals surface area contributed by atoms with Crippen molar-refractivity contribution in [3.63, 3.8) is 0 Å². The quantitative estimate of drug-likeness (QED) is 0.577. The van der Waals surface area contributed by atoms with Crippen molar-refractivity contribution in [3.8, 4) is 0 Å². The molecular formula is C18H28FN3O. The molecule has 1 fully saturated rings. The van der Waals surface area contributed by atoms with Crippen LogP contribution >= 0.6 is 0 Å². The Labute approximate surface area is 138 Å². The molecule has 1 aromatic rings. The number of nitrogens with one attached hydrogen (secondary N) is 2. The van der Waals surface area contributed by atoms with Crippen molar-refractivity contribution in [3.05, 3.63) is 35.1 Å². The summed E-state index contributed by atoms with van der Waals surface area (Å²) < 4.78 is 13.7. The van der Waals surface area contributed by atoms with Gasteiger partial charge in [0.25, 0.3) is 0 Å². The molecule has 1 aliphatic rings. The van der Waals surface area contributed by atoms with E-state index >= 15 is 0 Å². The van der Waals surface area contributed by atoms with Gasteiger partial charge in [0.2, 0.25) is 0 Å². The standard InChI is InChI=1S/C18H28FN3O/c1-4-20-17(21-12-18(23)9-5-6-10-18)22-14(3)15-8-7-13(2)16(19)11-15/h7-8,11,14,23H,4-6,9-10,12H2,1-3H3,(H2,20,21,22). The van der Waals surface area contributed by atoms with Crippen molar-refractivity contribution in [2.75, 3.05) is 13.1 Å². The molecule has 0 aromatic heterocycles. The normalized spacial score (nSPS) is 18.7.